The summed E-state index contributed by atoms with van der Waals surface area (Å²) in [5, 5.41) is 9.45. The minimum Gasteiger partial charge on any atom is -0.455 e. The van der Waals surface area contributed by atoms with Crippen LogP contribution in [0.2, 0.25) is 0 Å². The first-order valence-corrected chi connectivity index (χ1v) is 6.90. The van der Waals surface area contributed by atoms with Crippen molar-refractivity contribution < 1.29 is 9.84 Å². The predicted octanol–water partition coefficient (Wildman–Crippen LogP) is 4.36. The summed E-state index contributed by atoms with van der Waals surface area (Å²) in [4.78, 5) is 4.20. The van der Waals surface area contributed by atoms with E-state index in [-0.39, 0.29) is 0 Å². The third kappa shape index (κ3) is 3.36. The Kier molecular flexibility index (Phi) is 4.40. The second-order valence-electron chi connectivity index (χ2n) is 5.39. The lowest BCUT2D eigenvalue weighted by molar-refractivity contribution is 0.194. The summed E-state index contributed by atoms with van der Waals surface area (Å²) in [5.41, 5.74) is 2.99. The predicted molar refractivity (Wildman–Crippen MR) is 80.2 cm³/mol. The van der Waals surface area contributed by atoms with Crippen LogP contribution in [0.5, 0.6) is 11.5 Å². The number of pyridine rings is 1. The van der Waals surface area contributed by atoms with Crippen LogP contribution in [0, 0.1) is 6.92 Å². The fraction of sp³-hybridized carbons (Fsp3) is 0.353. The van der Waals surface area contributed by atoms with E-state index >= 15 is 0 Å². The van der Waals surface area contributed by atoms with Gasteiger partial charge < -0.3 is 9.84 Å². The Bertz CT molecular complexity index is 574. The van der Waals surface area contributed by atoms with Crippen molar-refractivity contribution in [1.29, 1.82) is 0 Å². The maximum atomic E-state index is 9.45. The Morgan fingerprint density at radius 1 is 1.10 bits per heavy atom. The van der Waals surface area contributed by atoms with Crippen molar-refractivity contribution in [2.24, 2.45) is 0 Å². The zero-order valence-electron chi connectivity index (χ0n) is 12.4. The van der Waals surface area contributed by atoms with Crippen molar-refractivity contribution in [3.8, 4) is 11.5 Å². The summed E-state index contributed by atoms with van der Waals surface area (Å²) >= 11 is 0. The Morgan fingerprint density at radius 2 is 1.85 bits per heavy atom. The molecule has 0 bridgehead atoms. The molecule has 3 heteroatoms. The number of aliphatic hydroxyl groups excluding tert-OH is 1. The van der Waals surface area contributed by atoms with Gasteiger partial charge in [-0.25, -0.2) is 0 Å². The maximum absolute atomic E-state index is 9.45. The van der Waals surface area contributed by atoms with Crippen LogP contribution in [0.3, 0.4) is 0 Å². The Hall–Kier alpha value is -1.87. The van der Waals surface area contributed by atoms with Gasteiger partial charge >= 0.3 is 0 Å². The molecule has 0 aliphatic carbocycles. The number of hydrogen-bond donors (Lipinski definition) is 1. The molecule has 3 nitrogen and oxygen atoms in total. The van der Waals surface area contributed by atoms with Gasteiger partial charge in [-0.2, -0.15) is 0 Å². The molecular formula is C17H21NO2. The van der Waals surface area contributed by atoms with Gasteiger partial charge in [0.1, 0.15) is 11.5 Å². The minimum atomic E-state index is -0.561. The minimum absolute atomic E-state index is 0.398. The van der Waals surface area contributed by atoms with Crippen LogP contribution in [0.1, 0.15) is 49.6 Å². The van der Waals surface area contributed by atoms with Crippen LogP contribution >= 0.6 is 0 Å². The maximum Gasteiger partial charge on any atom is 0.145 e. The summed E-state index contributed by atoms with van der Waals surface area (Å²) < 4.78 is 5.94. The fourth-order valence-electron chi connectivity index (χ4n) is 2.03. The average molecular weight is 271 g/mol. The van der Waals surface area contributed by atoms with Crippen molar-refractivity contribution in [2.45, 2.75) is 39.7 Å². The molecule has 1 aromatic carbocycles. The number of aliphatic hydroxyl groups is 1. The highest BCUT2D eigenvalue weighted by atomic mass is 16.5. The molecule has 0 spiro atoms. The van der Waals surface area contributed by atoms with E-state index in [9.17, 15) is 5.11 Å². The summed E-state index contributed by atoms with van der Waals surface area (Å²) in [6, 6.07) is 9.86. The molecule has 0 saturated carbocycles. The Labute approximate surface area is 120 Å². The van der Waals surface area contributed by atoms with E-state index in [1.165, 1.54) is 5.56 Å². The Balaban J connectivity index is 2.27. The number of aryl methyl sites for hydroxylation is 1. The van der Waals surface area contributed by atoms with E-state index in [4.69, 9.17) is 4.74 Å². The molecule has 1 aromatic heterocycles. The highest BCUT2D eigenvalue weighted by molar-refractivity contribution is 5.41. The molecule has 1 atom stereocenters. The summed E-state index contributed by atoms with van der Waals surface area (Å²) in [7, 11) is 0. The molecule has 0 aliphatic rings. The number of benzene rings is 1. The third-order valence-electron chi connectivity index (χ3n) is 3.21. The number of ether oxygens (including phenoxy) is 1. The SMILES string of the molecule is Cc1ccc(C(C)C)c(Oc2ccc(C(C)O)nc2)c1. The van der Waals surface area contributed by atoms with Gasteiger partial charge in [0.05, 0.1) is 18.0 Å². The fourth-order valence-corrected chi connectivity index (χ4v) is 2.03. The second-order valence-corrected chi connectivity index (χ2v) is 5.39. The van der Waals surface area contributed by atoms with Gasteiger partial charge in [-0.1, -0.05) is 26.0 Å². The van der Waals surface area contributed by atoms with Crippen LogP contribution in [-0.2, 0) is 0 Å². The van der Waals surface area contributed by atoms with E-state index in [2.05, 4.69) is 31.0 Å². The first-order valence-electron chi connectivity index (χ1n) is 6.90. The van der Waals surface area contributed by atoms with E-state index in [0.717, 1.165) is 11.3 Å². The topological polar surface area (TPSA) is 42.4 Å². The van der Waals surface area contributed by atoms with Gasteiger partial charge in [-0.05, 0) is 49.1 Å². The van der Waals surface area contributed by atoms with E-state index in [1.54, 1.807) is 19.2 Å². The van der Waals surface area contributed by atoms with Gasteiger partial charge in [0, 0.05) is 0 Å². The molecule has 0 fully saturated rings. The monoisotopic (exact) mass is 271 g/mol. The molecule has 0 amide bonds. The first kappa shape index (κ1) is 14.5. The van der Waals surface area contributed by atoms with Crippen molar-refractivity contribution in [1.82, 2.24) is 4.98 Å². The van der Waals surface area contributed by atoms with Crippen LogP contribution in [-0.4, -0.2) is 10.1 Å². The van der Waals surface area contributed by atoms with Crippen LogP contribution < -0.4 is 4.74 Å². The quantitative estimate of drug-likeness (QED) is 0.898. The van der Waals surface area contributed by atoms with Crippen molar-refractivity contribution in [3.63, 3.8) is 0 Å². The molecule has 106 valence electrons. The third-order valence-corrected chi connectivity index (χ3v) is 3.21. The largest absolute Gasteiger partial charge is 0.455 e. The van der Waals surface area contributed by atoms with Crippen molar-refractivity contribution in [3.05, 3.63) is 53.3 Å². The smallest absolute Gasteiger partial charge is 0.145 e. The molecule has 0 saturated heterocycles. The lowest BCUT2D eigenvalue weighted by Gasteiger charge is -2.14. The molecule has 2 rings (SSSR count). The highest BCUT2D eigenvalue weighted by Gasteiger charge is 2.10. The molecule has 0 radical (unpaired) electrons. The van der Waals surface area contributed by atoms with Crippen molar-refractivity contribution in [2.75, 3.05) is 0 Å². The molecule has 1 unspecified atom stereocenters. The molecule has 1 heterocycles. The average Bonchev–Trinajstić information content (AvgIpc) is 2.39. The van der Waals surface area contributed by atoms with Gasteiger partial charge in [0.25, 0.3) is 0 Å². The van der Waals surface area contributed by atoms with Crippen molar-refractivity contribution >= 4 is 0 Å². The second kappa shape index (κ2) is 6.06. The number of rotatable bonds is 4. The zero-order chi connectivity index (χ0) is 14.7. The molecule has 2 aromatic rings. The van der Waals surface area contributed by atoms with Gasteiger partial charge in [0.15, 0.2) is 0 Å². The lowest BCUT2D eigenvalue weighted by atomic mass is 10.0. The summed E-state index contributed by atoms with van der Waals surface area (Å²) in [6.07, 6.45) is 1.09. The first-order chi connectivity index (χ1) is 9.47. The molecule has 20 heavy (non-hydrogen) atoms. The van der Waals surface area contributed by atoms with Gasteiger partial charge in [-0.3, -0.25) is 4.98 Å². The standard InChI is InChI=1S/C17H21NO2/c1-11(2)15-7-5-12(3)9-17(15)20-14-6-8-16(13(4)19)18-10-14/h5-11,13,19H,1-4H3. The van der Waals surface area contributed by atoms with Gasteiger partial charge in [-0.15, -0.1) is 0 Å². The van der Waals surface area contributed by atoms with Gasteiger partial charge in [0.2, 0.25) is 0 Å². The number of aromatic nitrogens is 1. The lowest BCUT2D eigenvalue weighted by Crippen LogP contribution is -1.97. The van der Waals surface area contributed by atoms with Crippen LogP contribution in [0.4, 0.5) is 0 Å². The highest BCUT2D eigenvalue weighted by Crippen LogP contribution is 2.31. The normalized spacial score (nSPS) is 12.5. The Morgan fingerprint density at radius 3 is 2.40 bits per heavy atom. The molecule has 0 aliphatic heterocycles. The van der Waals surface area contributed by atoms with Crippen LogP contribution in [0.25, 0.3) is 0 Å². The number of hydrogen-bond acceptors (Lipinski definition) is 3. The molecule has 1 N–H and O–H groups in total. The number of nitrogens with zero attached hydrogens (tertiary/aromatic N) is 1. The van der Waals surface area contributed by atoms with E-state index in [0.29, 0.717) is 17.4 Å². The van der Waals surface area contributed by atoms with E-state index < -0.39 is 6.10 Å². The van der Waals surface area contributed by atoms with E-state index in [1.807, 2.05) is 19.1 Å². The van der Waals surface area contributed by atoms with Crippen LogP contribution in [0.15, 0.2) is 36.5 Å². The molecular weight excluding hydrogens is 250 g/mol. The summed E-state index contributed by atoms with van der Waals surface area (Å²) in [5.74, 6) is 1.95. The zero-order valence-corrected chi connectivity index (χ0v) is 12.4. The summed E-state index contributed by atoms with van der Waals surface area (Å²) in [6.45, 7) is 8.03.